The van der Waals surface area contributed by atoms with Gasteiger partial charge in [-0.15, -0.1) is 0 Å². The van der Waals surface area contributed by atoms with Gasteiger partial charge in [-0.3, -0.25) is 0 Å². The molecule has 0 atom stereocenters. The van der Waals surface area contributed by atoms with Gasteiger partial charge < -0.3 is 5.11 Å². The molecule has 0 aliphatic carbocycles. The number of rotatable bonds is 1. The minimum atomic E-state index is -0.239. The molecule has 0 saturated carbocycles. The second-order valence-electron chi connectivity index (χ2n) is 2.68. The molecule has 1 aromatic rings. The molecule has 0 aromatic heterocycles. The third-order valence-electron chi connectivity index (χ3n) is 1.82. The first-order chi connectivity index (χ1) is 5.15. The fraction of sp³-hybridized carbons (Fsp3) is 0.333. The highest BCUT2D eigenvalue weighted by Gasteiger charge is 2.02. The van der Waals surface area contributed by atoms with Crippen molar-refractivity contribution in [2.24, 2.45) is 0 Å². The lowest BCUT2D eigenvalue weighted by molar-refractivity contribution is 0.280. The molecule has 0 spiro atoms. The second-order valence-corrected chi connectivity index (χ2v) is 2.68. The number of hydrogen-bond donors (Lipinski definition) is 1. The van der Waals surface area contributed by atoms with E-state index in [9.17, 15) is 4.39 Å². The third-order valence-corrected chi connectivity index (χ3v) is 1.82. The fourth-order valence-electron chi connectivity index (χ4n) is 1.19. The predicted octanol–water partition coefficient (Wildman–Crippen LogP) is 1.93. The lowest BCUT2D eigenvalue weighted by Gasteiger charge is -2.05. The predicted molar refractivity (Wildman–Crippen MR) is 41.8 cm³/mol. The molecule has 0 unspecified atom stereocenters. The van der Waals surface area contributed by atoms with Crippen molar-refractivity contribution in [1.82, 2.24) is 0 Å². The van der Waals surface area contributed by atoms with Crippen molar-refractivity contribution >= 4 is 0 Å². The third kappa shape index (κ3) is 1.57. The average Bonchev–Trinajstić information content (AvgIpc) is 1.85. The molecule has 11 heavy (non-hydrogen) atoms. The standard InChI is InChI=1S/C9H11FO/c1-6-3-8(10)4-7(2)9(6)5-11/h3-4,11H,5H2,1-2H3. The van der Waals surface area contributed by atoms with Gasteiger partial charge in [0.05, 0.1) is 6.61 Å². The van der Waals surface area contributed by atoms with Gasteiger partial charge in [0.25, 0.3) is 0 Å². The summed E-state index contributed by atoms with van der Waals surface area (Å²) < 4.78 is 12.7. The van der Waals surface area contributed by atoms with Gasteiger partial charge in [-0.05, 0) is 42.7 Å². The molecule has 0 fully saturated rings. The van der Waals surface area contributed by atoms with Crippen LogP contribution >= 0.6 is 0 Å². The monoisotopic (exact) mass is 154 g/mol. The van der Waals surface area contributed by atoms with E-state index in [4.69, 9.17) is 5.11 Å². The summed E-state index contributed by atoms with van der Waals surface area (Å²) in [5.74, 6) is -0.239. The van der Waals surface area contributed by atoms with Crippen LogP contribution in [-0.4, -0.2) is 5.11 Å². The van der Waals surface area contributed by atoms with Crippen molar-refractivity contribution in [2.75, 3.05) is 0 Å². The molecule has 1 aromatic carbocycles. The maximum atomic E-state index is 12.7. The van der Waals surface area contributed by atoms with Gasteiger partial charge in [0, 0.05) is 0 Å². The molecule has 0 radical (unpaired) electrons. The molecule has 0 aliphatic rings. The lowest BCUT2D eigenvalue weighted by Crippen LogP contribution is -1.94. The number of halogens is 1. The summed E-state index contributed by atoms with van der Waals surface area (Å²) in [7, 11) is 0. The average molecular weight is 154 g/mol. The van der Waals surface area contributed by atoms with Crippen LogP contribution in [0.3, 0.4) is 0 Å². The number of benzene rings is 1. The van der Waals surface area contributed by atoms with Crippen molar-refractivity contribution in [3.63, 3.8) is 0 Å². The van der Waals surface area contributed by atoms with Crippen LogP contribution in [0.1, 0.15) is 16.7 Å². The van der Waals surface area contributed by atoms with Crippen molar-refractivity contribution in [3.05, 3.63) is 34.6 Å². The highest BCUT2D eigenvalue weighted by Crippen LogP contribution is 2.15. The maximum absolute atomic E-state index is 12.7. The first-order valence-corrected chi connectivity index (χ1v) is 3.51. The number of hydrogen-bond acceptors (Lipinski definition) is 1. The normalized spacial score (nSPS) is 10.2. The van der Waals surface area contributed by atoms with E-state index < -0.39 is 0 Å². The van der Waals surface area contributed by atoms with E-state index in [0.29, 0.717) is 0 Å². The zero-order valence-corrected chi connectivity index (χ0v) is 6.69. The molecule has 1 nitrogen and oxygen atoms in total. The van der Waals surface area contributed by atoms with Crippen LogP contribution in [0.4, 0.5) is 4.39 Å². The smallest absolute Gasteiger partial charge is 0.123 e. The summed E-state index contributed by atoms with van der Waals surface area (Å²) in [5.41, 5.74) is 2.45. The Balaban J connectivity index is 3.25. The van der Waals surface area contributed by atoms with Crippen LogP contribution in [0.2, 0.25) is 0 Å². The minimum absolute atomic E-state index is 0.0159. The van der Waals surface area contributed by atoms with Gasteiger partial charge in [-0.2, -0.15) is 0 Å². The highest BCUT2D eigenvalue weighted by atomic mass is 19.1. The summed E-state index contributed by atoms with van der Waals surface area (Å²) in [6.07, 6.45) is 0. The molecule has 1 rings (SSSR count). The minimum Gasteiger partial charge on any atom is -0.392 e. The Hall–Kier alpha value is -0.890. The molecule has 2 heteroatoms. The van der Waals surface area contributed by atoms with Gasteiger partial charge in [-0.25, -0.2) is 4.39 Å². The molecule has 0 heterocycles. The van der Waals surface area contributed by atoms with Crippen molar-refractivity contribution < 1.29 is 9.50 Å². The summed E-state index contributed by atoms with van der Waals surface area (Å²) in [6.45, 7) is 3.57. The van der Waals surface area contributed by atoms with E-state index >= 15 is 0 Å². The molecule has 0 aliphatic heterocycles. The largest absolute Gasteiger partial charge is 0.392 e. The van der Waals surface area contributed by atoms with Crippen LogP contribution in [-0.2, 0) is 6.61 Å². The van der Waals surface area contributed by atoms with E-state index in [1.807, 2.05) is 0 Å². The SMILES string of the molecule is Cc1cc(F)cc(C)c1CO. The van der Waals surface area contributed by atoms with E-state index in [0.717, 1.165) is 16.7 Å². The Morgan fingerprint density at radius 1 is 1.27 bits per heavy atom. The Bertz CT molecular complexity index is 245. The number of aliphatic hydroxyl groups excluding tert-OH is 1. The van der Waals surface area contributed by atoms with E-state index in [2.05, 4.69) is 0 Å². The molecule has 60 valence electrons. The van der Waals surface area contributed by atoms with Gasteiger partial charge in [0.15, 0.2) is 0 Å². The topological polar surface area (TPSA) is 20.2 Å². The quantitative estimate of drug-likeness (QED) is 0.655. The van der Waals surface area contributed by atoms with Crippen molar-refractivity contribution in [2.45, 2.75) is 20.5 Å². The van der Waals surface area contributed by atoms with E-state index in [-0.39, 0.29) is 12.4 Å². The van der Waals surface area contributed by atoms with Crippen LogP contribution in [0.15, 0.2) is 12.1 Å². The zero-order chi connectivity index (χ0) is 8.43. The summed E-state index contributed by atoms with van der Waals surface area (Å²) in [4.78, 5) is 0. The van der Waals surface area contributed by atoms with Crippen molar-refractivity contribution in [1.29, 1.82) is 0 Å². The Kier molecular flexibility index (Phi) is 2.25. The summed E-state index contributed by atoms with van der Waals surface area (Å²) in [5, 5.41) is 8.87. The fourth-order valence-corrected chi connectivity index (χ4v) is 1.19. The first-order valence-electron chi connectivity index (χ1n) is 3.51. The number of aliphatic hydroxyl groups is 1. The molecular weight excluding hydrogens is 143 g/mol. The Morgan fingerprint density at radius 3 is 2.09 bits per heavy atom. The highest BCUT2D eigenvalue weighted by molar-refractivity contribution is 5.33. The molecule has 0 bridgehead atoms. The Labute approximate surface area is 65.5 Å². The number of aryl methyl sites for hydroxylation is 2. The van der Waals surface area contributed by atoms with Crippen LogP contribution in [0.5, 0.6) is 0 Å². The van der Waals surface area contributed by atoms with Crippen molar-refractivity contribution in [3.8, 4) is 0 Å². The molecular formula is C9H11FO. The lowest BCUT2D eigenvalue weighted by atomic mass is 10.0. The first kappa shape index (κ1) is 8.21. The second kappa shape index (κ2) is 3.01. The van der Waals surface area contributed by atoms with Gasteiger partial charge in [-0.1, -0.05) is 0 Å². The molecule has 0 saturated heterocycles. The van der Waals surface area contributed by atoms with Crippen LogP contribution < -0.4 is 0 Å². The summed E-state index contributed by atoms with van der Waals surface area (Å²) in [6, 6.07) is 2.86. The molecule has 0 amide bonds. The van der Waals surface area contributed by atoms with Crippen LogP contribution in [0, 0.1) is 19.7 Å². The van der Waals surface area contributed by atoms with E-state index in [1.165, 1.54) is 12.1 Å². The Morgan fingerprint density at radius 2 is 1.73 bits per heavy atom. The maximum Gasteiger partial charge on any atom is 0.123 e. The zero-order valence-electron chi connectivity index (χ0n) is 6.69. The van der Waals surface area contributed by atoms with Gasteiger partial charge >= 0.3 is 0 Å². The van der Waals surface area contributed by atoms with Gasteiger partial charge in [0.1, 0.15) is 5.82 Å². The summed E-state index contributed by atoms with van der Waals surface area (Å²) >= 11 is 0. The van der Waals surface area contributed by atoms with Gasteiger partial charge in [0.2, 0.25) is 0 Å². The van der Waals surface area contributed by atoms with Crippen LogP contribution in [0.25, 0.3) is 0 Å². The molecule has 1 N–H and O–H groups in total. The van der Waals surface area contributed by atoms with E-state index in [1.54, 1.807) is 13.8 Å².